The summed E-state index contributed by atoms with van der Waals surface area (Å²) in [4.78, 5) is 14.8. The Morgan fingerprint density at radius 1 is 0.897 bits per heavy atom. The minimum atomic E-state index is -0.744. The molecule has 4 aromatic rings. The van der Waals surface area contributed by atoms with Gasteiger partial charge in [0, 0.05) is 23.7 Å². The molecule has 5 nitrogen and oxygen atoms in total. The molecule has 3 aromatic carbocycles. The van der Waals surface area contributed by atoms with Gasteiger partial charge in [-0.05, 0) is 35.4 Å². The highest BCUT2D eigenvalue weighted by atomic mass is 16.5. The molecule has 0 bridgehead atoms. The van der Waals surface area contributed by atoms with Crippen molar-refractivity contribution in [3.63, 3.8) is 0 Å². The predicted molar refractivity (Wildman–Crippen MR) is 115 cm³/mol. The molecule has 5 heteroatoms. The van der Waals surface area contributed by atoms with E-state index in [1.807, 2.05) is 66.7 Å². The second-order valence-electron chi connectivity index (χ2n) is 6.80. The summed E-state index contributed by atoms with van der Waals surface area (Å²) in [5.74, 6) is 0.577. The van der Waals surface area contributed by atoms with Crippen molar-refractivity contribution < 1.29 is 9.84 Å². The van der Waals surface area contributed by atoms with E-state index in [9.17, 15) is 9.90 Å². The predicted octanol–water partition coefficient (Wildman–Crippen LogP) is 4.25. The van der Waals surface area contributed by atoms with Crippen LogP contribution in [0.4, 0.5) is 5.69 Å². The molecule has 0 aliphatic rings. The highest BCUT2D eigenvalue weighted by Gasteiger charge is 2.15. The Morgan fingerprint density at radius 3 is 2.38 bits per heavy atom. The maximum atomic E-state index is 11.9. The quantitative estimate of drug-likeness (QED) is 0.444. The van der Waals surface area contributed by atoms with Crippen LogP contribution in [0.2, 0.25) is 0 Å². The number of hydrogen-bond acceptors (Lipinski definition) is 4. The number of fused-ring (bicyclic) bond motifs is 1. The van der Waals surface area contributed by atoms with Crippen molar-refractivity contribution in [2.24, 2.45) is 0 Å². The largest absolute Gasteiger partial charge is 0.487 e. The smallest absolute Gasteiger partial charge is 0.248 e. The highest BCUT2D eigenvalue weighted by molar-refractivity contribution is 5.87. The lowest BCUT2D eigenvalue weighted by molar-refractivity contribution is 0.193. The molecule has 1 aromatic heterocycles. The third-order valence-corrected chi connectivity index (χ3v) is 4.76. The van der Waals surface area contributed by atoms with Crippen LogP contribution in [-0.2, 0) is 6.61 Å². The molecular formula is C24H22N2O3. The van der Waals surface area contributed by atoms with Crippen LogP contribution in [0.25, 0.3) is 10.9 Å². The van der Waals surface area contributed by atoms with Crippen molar-refractivity contribution in [2.75, 3.05) is 11.9 Å². The molecule has 0 aliphatic heterocycles. The fraction of sp³-hybridized carbons (Fsp3) is 0.125. The molecule has 1 atom stereocenters. The van der Waals surface area contributed by atoms with E-state index in [1.165, 1.54) is 6.07 Å². The molecule has 0 spiro atoms. The number of para-hydroxylation sites is 1. The third-order valence-electron chi connectivity index (χ3n) is 4.76. The van der Waals surface area contributed by atoms with Crippen LogP contribution in [0.3, 0.4) is 0 Å². The number of hydrogen-bond donors (Lipinski definition) is 3. The standard InChI is InChI=1S/C24H22N2O3/c27-21(15-25-18-9-5-2-6-10-18)19-11-13-22(24-20(19)12-14-23(28)26-24)29-16-17-7-3-1-4-8-17/h1-14,21,25,27H,15-16H2,(H,26,28)/t21-/m0/s1. The zero-order chi connectivity index (χ0) is 20.1. The lowest BCUT2D eigenvalue weighted by atomic mass is 10.0. The summed E-state index contributed by atoms with van der Waals surface area (Å²) in [5, 5.41) is 14.7. The Bertz CT molecular complexity index is 1140. The van der Waals surface area contributed by atoms with E-state index in [4.69, 9.17) is 4.74 Å². The van der Waals surface area contributed by atoms with Crippen molar-refractivity contribution >= 4 is 16.6 Å². The van der Waals surface area contributed by atoms with Crippen molar-refractivity contribution in [3.05, 3.63) is 106 Å². The Morgan fingerprint density at radius 2 is 1.62 bits per heavy atom. The lowest BCUT2D eigenvalue weighted by Gasteiger charge is -2.17. The van der Waals surface area contributed by atoms with Gasteiger partial charge < -0.3 is 20.1 Å². The first-order valence-electron chi connectivity index (χ1n) is 9.50. The lowest BCUT2D eigenvalue weighted by Crippen LogP contribution is -2.13. The van der Waals surface area contributed by atoms with Crippen molar-refractivity contribution in [1.29, 1.82) is 0 Å². The fourth-order valence-corrected chi connectivity index (χ4v) is 3.27. The van der Waals surface area contributed by atoms with Crippen LogP contribution in [0.5, 0.6) is 5.75 Å². The minimum absolute atomic E-state index is 0.212. The highest BCUT2D eigenvalue weighted by Crippen LogP contribution is 2.30. The topological polar surface area (TPSA) is 74.3 Å². The van der Waals surface area contributed by atoms with E-state index in [-0.39, 0.29) is 5.56 Å². The number of aliphatic hydroxyl groups excluding tert-OH is 1. The molecule has 0 amide bonds. The SMILES string of the molecule is O=c1ccc2c([C@@H](O)CNc3ccccc3)ccc(OCc3ccccc3)c2[nH]1. The maximum absolute atomic E-state index is 11.9. The van der Waals surface area contributed by atoms with Gasteiger partial charge in [-0.2, -0.15) is 0 Å². The van der Waals surface area contributed by atoms with Crippen LogP contribution in [0.15, 0.2) is 89.7 Å². The molecule has 29 heavy (non-hydrogen) atoms. The molecule has 0 saturated heterocycles. The number of nitrogens with one attached hydrogen (secondary N) is 2. The molecule has 1 heterocycles. The summed E-state index contributed by atoms with van der Waals surface area (Å²) >= 11 is 0. The van der Waals surface area contributed by atoms with Gasteiger partial charge in [-0.3, -0.25) is 4.79 Å². The van der Waals surface area contributed by atoms with E-state index >= 15 is 0 Å². The summed E-state index contributed by atoms with van der Waals surface area (Å²) in [6, 6.07) is 26.4. The van der Waals surface area contributed by atoms with Gasteiger partial charge in [-0.1, -0.05) is 54.6 Å². The first-order valence-corrected chi connectivity index (χ1v) is 9.50. The van der Waals surface area contributed by atoms with Gasteiger partial charge >= 0.3 is 0 Å². The molecule has 0 saturated carbocycles. The van der Waals surface area contributed by atoms with Crippen LogP contribution < -0.4 is 15.6 Å². The second-order valence-corrected chi connectivity index (χ2v) is 6.80. The number of H-pyrrole nitrogens is 1. The van der Waals surface area contributed by atoms with Crippen molar-refractivity contribution in [1.82, 2.24) is 4.98 Å². The third kappa shape index (κ3) is 4.47. The van der Waals surface area contributed by atoms with Crippen LogP contribution >= 0.6 is 0 Å². The molecule has 0 aliphatic carbocycles. The monoisotopic (exact) mass is 386 g/mol. The number of aromatic nitrogens is 1. The molecule has 4 rings (SSSR count). The summed E-state index contributed by atoms with van der Waals surface area (Å²) in [6.07, 6.45) is -0.744. The summed E-state index contributed by atoms with van der Waals surface area (Å²) < 4.78 is 5.96. The summed E-state index contributed by atoms with van der Waals surface area (Å²) in [7, 11) is 0. The first kappa shape index (κ1) is 18.8. The molecule has 0 unspecified atom stereocenters. The van der Waals surface area contributed by atoms with E-state index in [0.29, 0.717) is 24.4 Å². The molecule has 0 fully saturated rings. The van der Waals surface area contributed by atoms with Crippen LogP contribution in [0.1, 0.15) is 17.2 Å². The molecule has 3 N–H and O–H groups in total. The number of benzene rings is 3. The zero-order valence-electron chi connectivity index (χ0n) is 15.8. The molecule has 0 radical (unpaired) electrons. The fourth-order valence-electron chi connectivity index (χ4n) is 3.27. The van der Waals surface area contributed by atoms with Crippen LogP contribution in [0, 0.1) is 0 Å². The summed E-state index contributed by atoms with van der Waals surface area (Å²) in [5.41, 5.74) is 3.08. The second kappa shape index (κ2) is 8.63. The normalized spacial score (nSPS) is 11.9. The summed E-state index contributed by atoms with van der Waals surface area (Å²) in [6.45, 7) is 0.743. The average Bonchev–Trinajstić information content (AvgIpc) is 2.77. The van der Waals surface area contributed by atoms with E-state index in [1.54, 1.807) is 12.1 Å². The number of rotatable bonds is 7. The number of aliphatic hydroxyl groups is 1. The van der Waals surface area contributed by atoms with Gasteiger partial charge in [0.2, 0.25) is 5.56 Å². The average molecular weight is 386 g/mol. The van der Waals surface area contributed by atoms with E-state index < -0.39 is 6.10 Å². The van der Waals surface area contributed by atoms with Gasteiger partial charge in [0.1, 0.15) is 12.4 Å². The Balaban J connectivity index is 1.59. The number of ether oxygens (including phenoxy) is 1. The molecule has 146 valence electrons. The van der Waals surface area contributed by atoms with Crippen molar-refractivity contribution in [2.45, 2.75) is 12.7 Å². The van der Waals surface area contributed by atoms with Crippen molar-refractivity contribution in [3.8, 4) is 5.75 Å². The Hall–Kier alpha value is -3.57. The van der Waals surface area contributed by atoms with Crippen LogP contribution in [-0.4, -0.2) is 16.6 Å². The van der Waals surface area contributed by atoms with Gasteiger partial charge in [0.05, 0.1) is 11.6 Å². The molecular weight excluding hydrogens is 364 g/mol. The Kier molecular flexibility index (Phi) is 5.59. The number of anilines is 1. The van der Waals surface area contributed by atoms with Gasteiger partial charge in [-0.15, -0.1) is 0 Å². The van der Waals surface area contributed by atoms with Gasteiger partial charge in [-0.25, -0.2) is 0 Å². The number of aromatic amines is 1. The maximum Gasteiger partial charge on any atom is 0.248 e. The zero-order valence-corrected chi connectivity index (χ0v) is 15.8. The first-order chi connectivity index (χ1) is 14.2. The minimum Gasteiger partial charge on any atom is -0.487 e. The van der Waals surface area contributed by atoms with Gasteiger partial charge in [0.25, 0.3) is 0 Å². The Labute approximate surface area is 168 Å². The number of pyridine rings is 1. The van der Waals surface area contributed by atoms with E-state index in [2.05, 4.69) is 10.3 Å². The van der Waals surface area contributed by atoms with Gasteiger partial charge in [0.15, 0.2) is 0 Å². The van der Waals surface area contributed by atoms with E-state index in [0.717, 1.165) is 22.2 Å².